The molecule has 0 fully saturated rings. The minimum absolute atomic E-state index is 0.413. The second-order valence-electron chi connectivity index (χ2n) is 3.48. The van der Waals surface area contributed by atoms with Crippen molar-refractivity contribution in [2.24, 2.45) is 0 Å². The zero-order valence-electron chi connectivity index (χ0n) is 10.1. The monoisotopic (exact) mass is 254 g/mol. The number of alkyl halides is 3. The van der Waals surface area contributed by atoms with Crippen LogP contribution >= 0.6 is 0 Å². The van der Waals surface area contributed by atoms with Gasteiger partial charge in [0.05, 0.1) is 5.56 Å². The molecule has 98 valence electrons. The molecule has 0 saturated carbocycles. The average Bonchev–Trinajstić information content (AvgIpc) is 2.18. The molecule has 0 saturated heterocycles. The van der Waals surface area contributed by atoms with Crippen molar-refractivity contribution in [3.05, 3.63) is 34.9 Å². The molecule has 1 aromatic carbocycles. The third kappa shape index (κ3) is 3.68. The molecule has 0 spiro atoms. The van der Waals surface area contributed by atoms with E-state index in [0.29, 0.717) is 12.1 Å². The third-order valence-electron chi connectivity index (χ3n) is 2.01. The Balaban J connectivity index is 0.00000121. The fourth-order valence-electron chi connectivity index (χ4n) is 1.32. The molecule has 0 amide bonds. The summed E-state index contributed by atoms with van der Waals surface area (Å²) in [7, 11) is 0. The number of rotatable bonds is 1. The molecule has 0 N–H and O–H groups in total. The van der Waals surface area contributed by atoms with E-state index in [1.54, 1.807) is 0 Å². The van der Waals surface area contributed by atoms with Crippen LogP contribution in [0.4, 0.5) is 22.0 Å². The zero-order chi connectivity index (χ0) is 13.8. The summed E-state index contributed by atoms with van der Waals surface area (Å²) >= 11 is 0. The van der Waals surface area contributed by atoms with Gasteiger partial charge in [0.2, 0.25) is 0 Å². The smallest absolute Gasteiger partial charge is 0.207 e. The summed E-state index contributed by atoms with van der Waals surface area (Å²) in [6.45, 7) is 6.86. The van der Waals surface area contributed by atoms with E-state index in [1.165, 1.54) is 13.8 Å². The van der Waals surface area contributed by atoms with Crippen LogP contribution in [0.25, 0.3) is 0 Å². The highest BCUT2D eigenvalue weighted by molar-refractivity contribution is 5.31. The lowest BCUT2D eigenvalue weighted by molar-refractivity contribution is -0.140. The van der Waals surface area contributed by atoms with Gasteiger partial charge in [-0.15, -0.1) is 0 Å². The highest BCUT2D eigenvalue weighted by Gasteiger charge is 2.36. The minimum atomic E-state index is -4.79. The van der Waals surface area contributed by atoms with Gasteiger partial charge in [0.1, 0.15) is 11.6 Å². The molecule has 0 radical (unpaired) electrons. The highest BCUT2D eigenvalue weighted by Crippen LogP contribution is 2.35. The molecule has 1 rings (SSSR count). The van der Waals surface area contributed by atoms with Crippen LogP contribution in [0.1, 0.15) is 44.7 Å². The Labute approximate surface area is 97.5 Å². The van der Waals surface area contributed by atoms with Crippen molar-refractivity contribution >= 4 is 0 Å². The fraction of sp³-hybridized carbons (Fsp3) is 0.500. The van der Waals surface area contributed by atoms with Crippen LogP contribution in [0.15, 0.2) is 12.1 Å². The summed E-state index contributed by atoms with van der Waals surface area (Å²) < 4.78 is 63.2. The minimum Gasteiger partial charge on any atom is -0.207 e. The number of hydrogen-bond donors (Lipinski definition) is 0. The Morgan fingerprint density at radius 1 is 1.00 bits per heavy atom. The van der Waals surface area contributed by atoms with Gasteiger partial charge in [0.25, 0.3) is 0 Å². The quantitative estimate of drug-likeness (QED) is 0.609. The Hall–Kier alpha value is -1.13. The Morgan fingerprint density at radius 3 is 1.82 bits per heavy atom. The van der Waals surface area contributed by atoms with Crippen LogP contribution in [0, 0.1) is 11.6 Å². The van der Waals surface area contributed by atoms with Gasteiger partial charge < -0.3 is 0 Å². The van der Waals surface area contributed by atoms with Crippen molar-refractivity contribution in [3.8, 4) is 0 Å². The lowest BCUT2D eigenvalue weighted by atomic mass is 9.99. The van der Waals surface area contributed by atoms with Crippen LogP contribution in [0.5, 0.6) is 0 Å². The van der Waals surface area contributed by atoms with Gasteiger partial charge >= 0.3 is 6.18 Å². The summed E-state index contributed by atoms with van der Waals surface area (Å²) in [6.07, 6.45) is -4.79. The van der Waals surface area contributed by atoms with Crippen molar-refractivity contribution in [3.63, 3.8) is 0 Å². The summed E-state index contributed by atoms with van der Waals surface area (Å²) in [6, 6.07) is 1.05. The van der Waals surface area contributed by atoms with E-state index >= 15 is 0 Å². The van der Waals surface area contributed by atoms with E-state index in [4.69, 9.17) is 0 Å². The molecule has 0 heterocycles. The lowest BCUT2D eigenvalue weighted by Crippen LogP contribution is -2.12. The molecule has 17 heavy (non-hydrogen) atoms. The fourth-order valence-corrected chi connectivity index (χ4v) is 1.32. The zero-order valence-corrected chi connectivity index (χ0v) is 10.1. The van der Waals surface area contributed by atoms with Gasteiger partial charge in [-0.2, -0.15) is 13.2 Å². The summed E-state index contributed by atoms with van der Waals surface area (Å²) in [5.74, 6) is -3.10. The first kappa shape index (κ1) is 15.9. The van der Waals surface area contributed by atoms with Crippen molar-refractivity contribution in [2.45, 2.75) is 39.8 Å². The first-order valence-electron chi connectivity index (χ1n) is 5.30. The summed E-state index contributed by atoms with van der Waals surface area (Å²) in [4.78, 5) is 0. The van der Waals surface area contributed by atoms with E-state index < -0.39 is 34.9 Å². The lowest BCUT2D eigenvalue weighted by Gasteiger charge is -2.14. The van der Waals surface area contributed by atoms with Crippen LogP contribution in [0.3, 0.4) is 0 Å². The second kappa shape index (κ2) is 5.98. The maximum Gasteiger partial charge on any atom is 0.419 e. The predicted octanol–water partition coefficient (Wildman–Crippen LogP) is 5.13. The van der Waals surface area contributed by atoms with Gasteiger partial charge in [0.15, 0.2) is 0 Å². The molecule has 0 nitrogen and oxygen atoms in total. The summed E-state index contributed by atoms with van der Waals surface area (Å²) in [5, 5.41) is 0. The Morgan fingerprint density at radius 2 is 1.47 bits per heavy atom. The third-order valence-corrected chi connectivity index (χ3v) is 2.01. The van der Waals surface area contributed by atoms with E-state index in [2.05, 4.69) is 0 Å². The Bertz CT molecular complexity index is 366. The average molecular weight is 254 g/mol. The van der Waals surface area contributed by atoms with Gasteiger partial charge in [-0.3, -0.25) is 0 Å². The molecule has 5 heteroatoms. The maximum atomic E-state index is 13.3. The topological polar surface area (TPSA) is 0 Å². The second-order valence-corrected chi connectivity index (χ2v) is 3.48. The number of hydrogen-bond acceptors (Lipinski definition) is 0. The van der Waals surface area contributed by atoms with Crippen molar-refractivity contribution in [2.75, 3.05) is 0 Å². The van der Waals surface area contributed by atoms with E-state index in [-0.39, 0.29) is 0 Å². The molecule has 1 aromatic rings. The van der Waals surface area contributed by atoms with Crippen LogP contribution < -0.4 is 0 Å². The predicted molar refractivity (Wildman–Crippen MR) is 56.8 cm³/mol. The molecule has 0 aromatic heterocycles. The standard InChI is InChI=1S/C10H9F5.C2H6/c1-5(2)8-7(11)4-3-6(9(8)12)10(13,14)15;1-2/h3-5H,1-2H3;1-2H3. The normalized spacial score (nSPS) is 11.2. The highest BCUT2D eigenvalue weighted by atomic mass is 19.4. The molecular formula is C12H15F5. The van der Waals surface area contributed by atoms with E-state index in [9.17, 15) is 22.0 Å². The SMILES string of the molecule is CC.CC(C)c1c(F)ccc(C(F)(F)F)c1F. The van der Waals surface area contributed by atoms with Crippen molar-refractivity contribution in [1.82, 2.24) is 0 Å². The van der Waals surface area contributed by atoms with Crippen LogP contribution in [-0.2, 0) is 6.18 Å². The van der Waals surface area contributed by atoms with E-state index in [0.717, 1.165) is 0 Å². The molecule has 0 aliphatic rings. The van der Waals surface area contributed by atoms with Crippen LogP contribution in [-0.4, -0.2) is 0 Å². The van der Waals surface area contributed by atoms with Gasteiger partial charge in [-0.25, -0.2) is 8.78 Å². The van der Waals surface area contributed by atoms with Gasteiger partial charge in [0, 0.05) is 5.56 Å². The van der Waals surface area contributed by atoms with Crippen molar-refractivity contribution in [1.29, 1.82) is 0 Å². The molecule has 0 aliphatic carbocycles. The van der Waals surface area contributed by atoms with Crippen LogP contribution in [0.2, 0.25) is 0 Å². The number of benzene rings is 1. The number of halogens is 5. The van der Waals surface area contributed by atoms with E-state index in [1.807, 2.05) is 13.8 Å². The molecular weight excluding hydrogens is 239 g/mol. The summed E-state index contributed by atoms with van der Waals surface area (Å²) in [5.41, 5.74) is -1.95. The molecule has 0 aliphatic heterocycles. The first-order valence-corrected chi connectivity index (χ1v) is 5.30. The molecule has 0 unspecified atom stereocenters. The van der Waals surface area contributed by atoms with Gasteiger partial charge in [-0.05, 0) is 18.1 Å². The van der Waals surface area contributed by atoms with Crippen molar-refractivity contribution < 1.29 is 22.0 Å². The maximum absolute atomic E-state index is 13.3. The molecule has 0 bridgehead atoms. The largest absolute Gasteiger partial charge is 0.419 e. The Kier molecular flexibility index (Phi) is 5.58. The first-order chi connectivity index (χ1) is 7.75. The molecule has 0 atom stereocenters. The van der Waals surface area contributed by atoms with Gasteiger partial charge in [-0.1, -0.05) is 27.7 Å².